The highest BCUT2D eigenvalue weighted by Crippen LogP contribution is 2.25. The van der Waals surface area contributed by atoms with E-state index in [1.807, 2.05) is 6.07 Å². The Morgan fingerprint density at radius 2 is 1.68 bits per heavy atom. The number of rotatable bonds is 5. The molecule has 28 heavy (non-hydrogen) atoms. The number of sulfonamides is 1. The summed E-state index contributed by atoms with van der Waals surface area (Å²) < 4.78 is 50.4. The van der Waals surface area contributed by atoms with Crippen LogP contribution in [0.15, 0.2) is 30.3 Å². The molecule has 3 aliphatic rings. The lowest BCUT2D eigenvalue weighted by atomic mass is 10.2. The molecule has 3 aliphatic heterocycles. The second-order valence-corrected chi connectivity index (χ2v) is 12.6. The quantitative estimate of drug-likeness (QED) is 0.677. The molecule has 1 aromatic rings. The molecule has 0 spiro atoms. The number of hydrogen-bond donors (Lipinski definition) is 0. The van der Waals surface area contributed by atoms with Crippen LogP contribution in [0.1, 0.15) is 18.4 Å². The fourth-order valence-corrected chi connectivity index (χ4v) is 9.14. The van der Waals surface area contributed by atoms with Gasteiger partial charge in [0.15, 0.2) is 9.84 Å². The van der Waals surface area contributed by atoms with Gasteiger partial charge in [-0.25, -0.2) is 16.8 Å². The van der Waals surface area contributed by atoms with Gasteiger partial charge in [-0.2, -0.15) is 4.31 Å². The highest BCUT2D eigenvalue weighted by Gasteiger charge is 2.42. The Bertz CT molecular complexity index is 881. The monoisotopic (exact) mass is 427 g/mol. The van der Waals surface area contributed by atoms with Crippen molar-refractivity contribution >= 4 is 19.9 Å². The van der Waals surface area contributed by atoms with Crippen molar-refractivity contribution in [1.29, 1.82) is 0 Å². The smallest absolute Gasteiger partial charge is 0.218 e. The standard InChI is InChI=1S/C19H29N3O4S2/c23-27(24)13-7-19(16-27)28(25,26)22-11-9-21(10-12-22)18-6-8-20(15-18)14-17-4-2-1-3-5-17/h1-5,18-19H,6-16H2/t18-,19-/m1/s1. The van der Waals surface area contributed by atoms with Gasteiger partial charge < -0.3 is 0 Å². The van der Waals surface area contributed by atoms with E-state index in [1.165, 1.54) is 9.87 Å². The Balaban J connectivity index is 1.29. The molecule has 0 unspecified atom stereocenters. The molecule has 0 saturated carbocycles. The molecule has 0 N–H and O–H groups in total. The fourth-order valence-electron chi connectivity index (χ4n) is 4.63. The largest absolute Gasteiger partial charge is 0.297 e. The maximum atomic E-state index is 12.8. The Morgan fingerprint density at radius 1 is 0.964 bits per heavy atom. The van der Waals surface area contributed by atoms with Crippen molar-refractivity contribution in [2.75, 3.05) is 50.8 Å². The zero-order valence-electron chi connectivity index (χ0n) is 16.1. The summed E-state index contributed by atoms with van der Waals surface area (Å²) in [6, 6.07) is 10.9. The summed E-state index contributed by atoms with van der Waals surface area (Å²) in [6.45, 7) is 5.43. The number of likely N-dealkylation sites (tertiary alicyclic amines) is 1. The molecule has 4 rings (SSSR count). The molecule has 3 heterocycles. The van der Waals surface area contributed by atoms with Crippen LogP contribution in [-0.2, 0) is 26.4 Å². The second kappa shape index (κ2) is 8.02. The van der Waals surface area contributed by atoms with Gasteiger partial charge in [0.2, 0.25) is 10.0 Å². The molecule has 156 valence electrons. The van der Waals surface area contributed by atoms with E-state index in [-0.39, 0.29) is 17.9 Å². The van der Waals surface area contributed by atoms with Gasteiger partial charge in [0.25, 0.3) is 0 Å². The van der Waals surface area contributed by atoms with Crippen LogP contribution < -0.4 is 0 Å². The maximum absolute atomic E-state index is 12.8. The van der Waals surface area contributed by atoms with Gasteiger partial charge in [0.1, 0.15) is 0 Å². The SMILES string of the molecule is O=S1(=O)CC[C@@H](S(=O)(=O)N2CCN([C@@H]3CCN(Cc4ccccc4)C3)CC2)C1. The lowest BCUT2D eigenvalue weighted by Gasteiger charge is -2.38. The van der Waals surface area contributed by atoms with E-state index in [1.54, 1.807) is 0 Å². The zero-order chi connectivity index (χ0) is 19.8. The third kappa shape index (κ3) is 4.43. The summed E-state index contributed by atoms with van der Waals surface area (Å²) in [5.41, 5.74) is 1.32. The molecule has 3 fully saturated rings. The maximum Gasteiger partial charge on any atom is 0.218 e. The number of sulfone groups is 1. The minimum atomic E-state index is -3.51. The second-order valence-electron chi connectivity index (χ2n) is 8.17. The molecule has 0 aliphatic carbocycles. The van der Waals surface area contributed by atoms with E-state index >= 15 is 0 Å². The van der Waals surface area contributed by atoms with Crippen LogP contribution in [0.3, 0.4) is 0 Å². The van der Waals surface area contributed by atoms with Crippen molar-refractivity contribution in [2.24, 2.45) is 0 Å². The Kier molecular flexibility index (Phi) is 5.81. The highest BCUT2D eigenvalue weighted by molar-refractivity contribution is 7.95. The van der Waals surface area contributed by atoms with Gasteiger partial charge in [-0.05, 0) is 18.4 Å². The summed E-state index contributed by atoms with van der Waals surface area (Å²) in [5, 5.41) is -0.753. The molecule has 0 bridgehead atoms. The van der Waals surface area contributed by atoms with E-state index in [2.05, 4.69) is 34.1 Å². The average molecular weight is 428 g/mol. The van der Waals surface area contributed by atoms with E-state index in [0.717, 1.165) is 39.1 Å². The minimum absolute atomic E-state index is 0.00378. The number of piperazine rings is 1. The molecule has 0 amide bonds. The molecule has 0 aromatic heterocycles. The van der Waals surface area contributed by atoms with Gasteiger partial charge in [-0.15, -0.1) is 0 Å². The topological polar surface area (TPSA) is 78.0 Å². The van der Waals surface area contributed by atoms with Crippen LogP contribution >= 0.6 is 0 Å². The third-order valence-corrected chi connectivity index (χ3v) is 10.6. The summed E-state index contributed by atoms with van der Waals surface area (Å²) >= 11 is 0. The van der Waals surface area contributed by atoms with Crippen LogP contribution in [0.2, 0.25) is 0 Å². The summed E-state index contributed by atoms with van der Waals surface area (Å²) in [7, 11) is -6.71. The Labute approximate surface area is 168 Å². The zero-order valence-corrected chi connectivity index (χ0v) is 17.7. The lowest BCUT2D eigenvalue weighted by molar-refractivity contribution is 0.136. The van der Waals surface area contributed by atoms with Gasteiger partial charge in [0.05, 0.1) is 16.8 Å². The molecular weight excluding hydrogens is 398 g/mol. The first-order valence-electron chi connectivity index (χ1n) is 10.0. The van der Waals surface area contributed by atoms with E-state index in [9.17, 15) is 16.8 Å². The third-order valence-electron chi connectivity index (χ3n) is 6.26. The van der Waals surface area contributed by atoms with Crippen LogP contribution in [0, 0.1) is 0 Å². The van der Waals surface area contributed by atoms with Crippen molar-refractivity contribution < 1.29 is 16.8 Å². The predicted molar refractivity (Wildman–Crippen MR) is 109 cm³/mol. The van der Waals surface area contributed by atoms with Crippen molar-refractivity contribution in [3.63, 3.8) is 0 Å². The summed E-state index contributed by atoms with van der Waals surface area (Å²) in [6.07, 6.45) is 1.35. The van der Waals surface area contributed by atoms with Gasteiger partial charge >= 0.3 is 0 Å². The molecule has 0 radical (unpaired) electrons. The number of hydrogen-bond acceptors (Lipinski definition) is 6. The fraction of sp³-hybridized carbons (Fsp3) is 0.684. The normalized spacial score (nSPS) is 30.0. The lowest BCUT2D eigenvalue weighted by Crippen LogP contribution is -2.54. The Morgan fingerprint density at radius 3 is 2.32 bits per heavy atom. The molecule has 7 nitrogen and oxygen atoms in total. The molecule has 9 heteroatoms. The highest BCUT2D eigenvalue weighted by atomic mass is 32.2. The van der Waals surface area contributed by atoms with E-state index < -0.39 is 25.1 Å². The van der Waals surface area contributed by atoms with Crippen LogP contribution in [-0.4, -0.2) is 93.0 Å². The molecule has 1 aromatic carbocycles. The number of benzene rings is 1. The minimum Gasteiger partial charge on any atom is -0.297 e. The Hall–Kier alpha value is -1.00. The van der Waals surface area contributed by atoms with Crippen molar-refractivity contribution in [3.8, 4) is 0 Å². The van der Waals surface area contributed by atoms with Crippen molar-refractivity contribution in [2.45, 2.75) is 30.7 Å². The summed E-state index contributed by atoms with van der Waals surface area (Å²) in [4.78, 5) is 4.87. The van der Waals surface area contributed by atoms with Crippen molar-refractivity contribution in [3.05, 3.63) is 35.9 Å². The van der Waals surface area contributed by atoms with Crippen LogP contribution in [0.4, 0.5) is 0 Å². The molecule has 2 atom stereocenters. The molecule has 3 saturated heterocycles. The van der Waals surface area contributed by atoms with Gasteiger partial charge in [-0.1, -0.05) is 30.3 Å². The first kappa shape index (κ1) is 20.3. The predicted octanol–water partition coefficient (Wildman–Crippen LogP) is 0.395. The van der Waals surface area contributed by atoms with Gasteiger partial charge in [0, 0.05) is 51.9 Å². The van der Waals surface area contributed by atoms with Crippen LogP contribution in [0.25, 0.3) is 0 Å². The van der Waals surface area contributed by atoms with E-state index in [0.29, 0.717) is 19.1 Å². The first-order valence-corrected chi connectivity index (χ1v) is 13.4. The van der Waals surface area contributed by atoms with Crippen LogP contribution in [0.5, 0.6) is 0 Å². The van der Waals surface area contributed by atoms with Crippen molar-refractivity contribution in [1.82, 2.24) is 14.1 Å². The summed E-state index contributed by atoms with van der Waals surface area (Å²) in [5.74, 6) is -0.219. The molecular formula is C19H29N3O4S2. The van der Waals surface area contributed by atoms with E-state index in [4.69, 9.17) is 0 Å². The van der Waals surface area contributed by atoms with Gasteiger partial charge in [-0.3, -0.25) is 9.80 Å². The average Bonchev–Trinajstić information content (AvgIpc) is 3.29. The number of nitrogens with zero attached hydrogens (tertiary/aromatic N) is 3. The first-order chi connectivity index (χ1) is 13.3.